The standard InChI is InChI=1S/C16H23N5O3S/c1-16(2,3)24-15(23)20-8-4-5-12(20)13(22)17-7-6-11-9-25-14-18-10-19-21(11)14/h9-10,12H,4-8H2,1-3H3,(H,17,22). The molecule has 2 amide bonds. The Bertz CT molecular complexity index is 763. The monoisotopic (exact) mass is 365 g/mol. The highest BCUT2D eigenvalue weighted by Gasteiger charge is 2.36. The Morgan fingerprint density at radius 2 is 2.24 bits per heavy atom. The van der Waals surface area contributed by atoms with Crippen molar-refractivity contribution < 1.29 is 14.3 Å². The van der Waals surface area contributed by atoms with Gasteiger partial charge in [-0.3, -0.25) is 9.69 Å². The number of carbonyl (C=O) groups is 2. The Kier molecular flexibility index (Phi) is 4.94. The average molecular weight is 365 g/mol. The van der Waals surface area contributed by atoms with E-state index in [-0.39, 0.29) is 5.91 Å². The van der Waals surface area contributed by atoms with E-state index in [9.17, 15) is 9.59 Å². The number of rotatable bonds is 4. The van der Waals surface area contributed by atoms with Gasteiger partial charge in [0.2, 0.25) is 10.9 Å². The molecule has 8 nitrogen and oxygen atoms in total. The number of nitrogens with one attached hydrogen (secondary N) is 1. The Hall–Kier alpha value is -2.16. The van der Waals surface area contributed by atoms with E-state index in [2.05, 4.69) is 15.4 Å². The van der Waals surface area contributed by atoms with Crippen molar-refractivity contribution in [3.05, 3.63) is 17.4 Å². The SMILES string of the molecule is CC(C)(C)OC(=O)N1CCCC1C(=O)NCCc1csc2ncnn12. The lowest BCUT2D eigenvalue weighted by molar-refractivity contribution is -0.125. The summed E-state index contributed by atoms with van der Waals surface area (Å²) in [7, 11) is 0. The summed E-state index contributed by atoms with van der Waals surface area (Å²) in [5.41, 5.74) is 0.441. The summed E-state index contributed by atoms with van der Waals surface area (Å²) < 4.78 is 7.17. The number of thiazole rings is 1. The normalized spacial score (nSPS) is 17.9. The first-order valence-corrected chi connectivity index (χ1v) is 9.26. The molecule has 9 heteroatoms. The van der Waals surface area contributed by atoms with Gasteiger partial charge in [0.25, 0.3) is 0 Å². The second-order valence-corrected chi connectivity index (χ2v) is 7.89. The minimum absolute atomic E-state index is 0.131. The zero-order valence-corrected chi connectivity index (χ0v) is 15.5. The molecular weight excluding hydrogens is 342 g/mol. The summed E-state index contributed by atoms with van der Waals surface area (Å²) >= 11 is 1.52. The van der Waals surface area contributed by atoms with E-state index in [1.165, 1.54) is 22.6 Å². The second-order valence-electron chi connectivity index (χ2n) is 7.05. The van der Waals surface area contributed by atoms with Crippen LogP contribution in [0.3, 0.4) is 0 Å². The number of fused-ring (bicyclic) bond motifs is 1. The molecule has 1 saturated heterocycles. The third kappa shape index (κ3) is 4.09. The van der Waals surface area contributed by atoms with Gasteiger partial charge in [0.15, 0.2) is 0 Å². The molecule has 0 radical (unpaired) electrons. The van der Waals surface area contributed by atoms with Crippen LogP contribution in [0.4, 0.5) is 4.79 Å². The first-order chi connectivity index (χ1) is 11.8. The van der Waals surface area contributed by atoms with Gasteiger partial charge >= 0.3 is 6.09 Å². The molecule has 1 aliphatic rings. The van der Waals surface area contributed by atoms with Crippen LogP contribution in [0.2, 0.25) is 0 Å². The summed E-state index contributed by atoms with van der Waals surface area (Å²) in [6.45, 7) is 6.51. The average Bonchev–Trinajstić information content (AvgIpc) is 3.22. The van der Waals surface area contributed by atoms with Crippen molar-refractivity contribution in [1.29, 1.82) is 0 Å². The van der Waals surface area contributed by atoms with Crippen LogP contribution in [0.5, 0.6) is 0 Å². The van der Waals surface area contributed by atoms with Crippen molar-refractivity contribution in [2.24, 2.45) is 0 Å². The molecule has 1 unspecified atom stereocenters. The molecule has 1 atom stereocenters. The van der Waals surface area contributed by atoms with Crippen LogP contribution < -0.4 is 5.32 Å². The van der Waals surface area contributed by atoms with Crippen molar-refractivity contribution in [1.82, 2.24) is 24.8 Å². The maximum absolute atomic E-state index is 12.5. The minimum Gasteiger partial charge on any atom is -0.444 e. The molecule has 0 aromatic carbocycles. The fraction of sp³-hybridized carbons (Fsp3) is 0.625. The summed E-state index contributed by atoms with van der Waals surface area (Å²) in [5, 5.41) is 9.07. The third-order valence-corrected chi connectivity index (χ3v) is 4.83. The van der Waals surface area contributed by atoms with Crippen molar-refractivity contribution in [2.75, 3.05) is 13.1 Å². The van der Waals surface area contributed by atoms with Crippen molar-refractivity contribution >= 4 is 28.3 Å². The van der Waals surface area contributed by atoms with Crippen LogP contribution in [0.25, 0.3) is 4.96 Å². The van der Waals surface area contributed by atoms with Gasteiger partial charge in [-0.1, -0.05) is 0 Å². The number of aromatic nitrogens is 3. The van der Waals surface area contributed by atoms with Crippen LogP contribution in [0.1, 0.15) is 39.3 Å². The van der Waals surface area contributed by atoms with Crippen LogP contribution in [-0.4, -0.2) is 56.2 Å². The fourth-order valence-corrected chi connectivity index (χ4v) is 3.69. The van der Waals surface area contributed by atoms with E-state index in [0.717, 1.165) is 17.1 Å². The topological polar surface area (TPSA) is 88.8 Å². The minimum atomic E-state index is -0.567. The lowest BCUT2D eigenvalue weighted by atomic mass is 10.2. The Morgan fingerprint density at radius 1 is 1.44 bits per heavy atom. The van der Waals surface area contributed by atoms with Gasteiger partial charge in [-0.05, 0) is 33.6 Å². The number of likely N-dealkylation sites (tertiary alicyclic amines) is 1. The molecule has 2 aromatic heterocycles. The van der Waals surface area contributed by atoms with E-state index in [4.69, 9.17) is 4.74 Å². The molecule has 0 saturated carbocycles. The van der Waals surface area contributed by atoms with Gasteiger partial charge < -0.3 is 10.1 Å². The van der Waals surface area contributed by atoms with Gasteiger partial charge in [0.05, 0.1) is 5.69 Å². The van der Waals surface area contributed by atoms with Crippen molar-refractivity contribution in [2.45, 2.75) is 51.7 Å². The Morgan fingerprint density at radius 3 is 3.00 bits per heavy atom. The second kappa shape index (κ2) is 6.99. The van der Waals surface area contributed by atoms with E-state index in [0.29, 0.717) is 25.9 Å². The van der Waals surface area contributed by atoms with Gasteiger partial charge in [-0.2, -0.15) is 5.10 Å². The lowest BCUT2D eigenvalue weighted by Gasteiger charge is -2.28. The first-order valence-electron chi connectivity index (χ1n) is 8.38. The summed E-state index contributed by atoms with van der Waals surface area (Å²) in [5.74, 6) is -0.131. The number of hydrogen-bond acceptors (Lipinski definition) is 6. The third-order valence-electron chi connectivity index (χ3n) is 3.95. The van der Waals surface area contributed by atoms with Gasteiger partial charge in [0, 0.05) is 24.9 Å². The molecule has 1 fully saturated rings. The molecule has 3 heterocycles. The number of hydrogen-bond donors (Lipinski definition) is 1. The van der Waals surface area contributed by atoms with Crippen LogP contribution in [-0.2, 0) is 16.0 Å². The zero-order chi connectivity index (χ0) is 18.0. The van der Waals surface area contributed by atoms with Gasteiger partial charge in [-0.25, -0.2) is 14.3 Å². The first kappa shape index (κ1) is 17.7. The summed E-state index contributed by atoms with van der Waals surface area (Å²) in [6, 6.07) is -0.455. The lowest BCUT2D eigenvalue weighted by Crippen LogP contribution is -2.47. The molecule has 0 bridgehead atoms. The van der Waals surface area contributed by atoms with Gasteiger partial charge in [0.1, 0.15) is 18.0 Å². The number of amides is 2. The molecule has 136 valence electrons. The van der Waals surface area contributed by atoms with Crippen LogP contribution >= 0.6 is 11.3 Å². The number of ether oxygens (including phenoxy) is 1. The molecule has 1 N–H and O–H groups in total. The predicted octanol–water partition coefficient (Wildman–Crippen LogP) is 1.85. The molecule has 1 aliphatic heterocycles. The highest BCUT2D eigenvalue weighted by Crippen LogP contribution is 2.21. The van der Waals surface area contributed by atoms with Crippen molar-refractivity contribution in [3.63, 3.8) is 0 Å². The van der Waals surface area contributed by atoms with Gasteiger partial charge in [-0.15, -0.1) is 11.3 Å². The maximum Gasteiger partial charge on any atom is 0.410 e. The highest BCUT2D eigenvalue weighted by molar-refractivity contribution is 7.15. The largest absolute Gasteiger partial charge is 0.444 e. The van der Waals surface area contributed by atoms with Crippen molar-refractivity contribution in [3.8, 4) is 0 Å². The summed E-state index contributed by atoms with van der Waals surface area (Å²) in [4.78, 5) is 31.2. The molecule has 3 rings (SSSR count). The van der Waals surface area contributed by atoms with E-state index in [1.54, 1.807) is 4.52 Å². The fourth-order valence-electron chi connectivity index (χ4n) is 2.85. The zero-order valence-electron chi connectivity index (χ0n) is 14.7. The molecule has 2 aromatic rings. The van der Waals surface area contributed by atoms with Crippen LogP contribution in [0.15, 0.2) is 11.7 Å². The smallest absolute Gasteiger partial charge is 0.410 e. The van der Waals surface area contributed by atoms with Crippen LogP contribution in [0, 0.1) is 0 Å². The maximum atomic E-state index is 12.5. The van der Waals surface area contributed by atoms with E-state index >= 15 is 0 Å². The number of nitrogens with zero attached hydrogens (tertiary/aromatic N) is 4. The molecular formula is C16H23N5O3S. The highest BCUT2D eigenvalue weighted by atomic mass is 32.1. The Labute approximate surface area is 150 Å². The Balaban J connectivity index is 1.53. The molecule has 0 aliphatic carbocycles. The quantitative estimate of drug-likeness (QED) is 0.893. The summed E-state index contributed by atoms with van der Waals surface area (Å²) in [6.07, 6.45) is 3.23. The molecule has 25 heavy (non-hydrogen) atoms. The van der Waals surface area contributed by atoms with E-state index in [1.807, 2.05) is 26.2 Å². The van der Waals surface area contributed by atoms with E-state index < -0.39 is 17.7 Å². The number of carbonyl (C=O) groups excluding carboxylic acids is 2. The molecule has 0 spiro atoms. The predicted molar refractivity (Wildman–Crippen MR) is 93.5 cm³/mol.